The largest absolute Gasteiger partial charge is 0.491 e. The first kappa shape index (κ1) is 20.4. The molecule has 0 radical (unpaired) electrons. The quantitative estimate of drug-likeness (QED) is 0.397. The van der Waals surface area contributed by atoms with Gasteiger partial charge in [-0.3, -0.25) is 14.3 Å². The Balaban J connectivity index is 1.63. The van der Waals surface area contributed by atoms with Gasteiger partial charge < -0.3 is 19.7 Å². The van der Waals surface area contributed by atoms with Crippen LogP contribution in [0.4, 0.5) is 5.95 Å². The van der Waals surface area contributed by atoms with E-state index in [4.69, 9.17) is 4.74 Å². The lowest BCUT2D eigenvalue weighted by Gasteiger charge is -2.16. The third-order valence-electron chi connectivity index (χ3n) is 4.88. The molecule has 0 saturated carbocycles. The fraction of sp³-hybridized carbons (Fsp3) is 0.227. The van der Waals surface area contributed by atoms with Gasteiger partial charge in [0.1, 0.15) is 18.5 Å². The molecule has 1 unspecified atom stereocenters. The van der Waals surface area contributed by atoms with Gasteiger partial charge in [0, 0.05) is 13.6 Å². The summed E-state index contributed by atoms with van der Waals surface area (Å²) in [7, 11) is 1.54. The van der Waals surface area contributed by atoms with Crippen molar-refractivity contribution in [2.24, 2.45) is 7.05 Å². The highest BCUT2D eigenvalue weighted by Crippen LogP contribution is 2.17. The summed E-state index contributed by atoms with van der Waals surface area (Å²) in [6, 6.07) is 18.9. The molecule has 0 aliphatic heterocycles. The summed E-state index contributed by atoms with van der Waals surface area (Å²) in [6.07, 6.45) is -0.911. The molecule has 0 saturated heterocycles. The van der Waals surface area contributed by atoms with E-state index in [2.05, 4.69) is 15.3 Å². The van der Waals surface area contributed by atoms with E-state index in [1.54, 1.807) is 16.7 Å². The molecule has 9 heteroatoms. The van der Waals surface area contributed by atoms with Crippen molar-refractivity contribution in [1.29, 1.82) is 0 Å². The molecule has 0 fully saturated rings. The highest BCUT2D eigenvalue weighted by Gasteiger charge is 2.20. The van der Waals surface area contributed by atoms with Crippen molar-refractivity contribution >= 4 is 17.1 Å². The minimum atomic E-state index is -0.911. The third kappa shape index (κ3) is 4.51. The molecule has 4 aromatic rings. The number of anilines is 1. The number of H-pyrrole nitrogens is 1. The molecule has 160 valence electrons. The van der Waals surface area contributed by atoms with Crippen molar-refractivity contribution in [2.75, 3.05) is 11.9 Å². The van der Waals surface area contributed by atoms with Crippen molar-refractivity contribution in [1.82, 2.24) is 19.1 Å². The lowest BCUT2D eigenvalue weighted by Crippen LogP contribution is -2.30. The van der Waals surface area contributed by atoms with Crippen LogP contribution in [-0.2, 0) is 20.1 Å². The SMILES string of the molecule is Cn1c(=O)[nH]c(=O)c2c1nc(NCc1ccccc1)n2CC(O)COc1ccccc1. The Morgan fingerprint density at radius 3 is 2.48 bits per heavy atom. The second-order valence-corrected chi connectivity index (χ2v) is 7.15. The Kier molecular flexibility index (Phi) is 5.85. The fourth-order valence-corrected chi connectivity index (χ4v) is 3.30. The van der Waals surface area contributed by atoms with Gasteiger partial charge in [0.05, 0.1) is 6.54 Å². The molecule has 0 amide bonds. The van der Waals surface area contributed by atoms with E-state index < -0.39 is 17.4 Å². The van der Waals surface area contributed by atoms with Gasteiger partial charge in [-0.25, -0.2) is 4.79 Å². The van der Waals surface area contributed by atoms with Crippen molar-refractivity contribution < 1.29 is 9.84 Å². The number of aliphatic hydroxyl groups is 1. The number of nitrogens with one attached hydrogen (secondary N) is 2. The minimum absolute atomic E-state index is 0.0332. The summed E-state index contributed by atoms with van der Waals surface area (Å²) in [5.74, 6) is 1.02. The van der Waals surface area contributed by atoms with Crippen molar-refractivity contribution in [2.45, 2.75) is 19.2 Å². The highest BCUT2D eigenvalue weighted by atomic mass is 16.5. The molecular formula is C22H23N5O4. The number of fused-ring (bicyclic) bond motifs is 1. The molecule has 31 heavy (non-hydrogen) atoms. The standard InChI is InChI=1S/C22H23N5O4/c1-26-19-18(20(29)25-22(26)30)27(13-16(28)14-31-17-10-6-3-7-11-17)21(24-19)23-12-15-8-4-2-5-9-15/h2-11,16,28H,12-14H2,1H3,(H,23,24)(H,25,29,30). The second-order valence-electron chi connectivity index (χ2n) is 7.15. The molecule has 2 heterocycles. The lowest BCUT2D eigenvalue weighted by molar-refractivity contribution is 0.0938. The van der Waals surface area contributed by atoms with E-state index in [1.165, 1.54) is 11.6 Å². The number of para-hydroxylation sites is 1. The summed E-state index contributed by atoms with van der Waals surface area (Å²) in [4.78, 5) is 31.3. The van der Waals surface area contributed by atoms with Gasteiger partial charge in [0.2, 0.25) is 5.95 Å². The van der Waals surface area contributed by atoms with Gasteiger partial charge in [-0.15, -0.1) is 0 Å². The van der Waals surface area contributed by atoms with Gasteiger partial charge in [-0.1, -0.05) is 48.5 Å². The first-order chi connectivity index (χ1) is 15.0. The fourth-order valence-electron chi connectivity index (χ4n) is 3.30. The van der Waals surface area contributed by atoms with Crippen molar-refractivity contribution in [3.05, 3.63) is 87.1 Å². The number of aliphatic hydroxyl groups excluding tert-OH is 1. The highest BCUT2D eigenvalue weighted by molar-refractivity contribution is 5.74. The van der Waals surface area contributed by atoms with Crippen LogP contribution < -0.4 is 21.3 Å². The maximum Gasteiger partial charge on any atom is 0.329 e. The lowest BCUT2D eigenvalue weighted by atomic mass is 10.2. The molecule has 2 aromatic carbocycles. The summed E-state index contributed by atoms with van der Waals surface area (Å²) >= 11 is 0. The first-order valence-electron chi connectivity index (χ1n) is 9.86. The number of aromatic amines is 1. The summed E-state index contributed by atoms with van der Waals surface area (Å²) in [6.45, 7) is 0.555. The monoisotopic (exact) mass is 421 g/mol. The van der Waals surface area contributed by atoms with E-state index >= 15 is 0 Å². The van der Waals surface area contributed by atoms with Gasteiger partial charge in [0.25, 0.3) is 5.56 Å². The average molecular weight is 421 g/mol. The van der Waals surface area contributed by atoms with Crippen LogP contribution in [-0.4, -0.2) is 36.9 Å². The Hall–Kier alpha value is -3.85. The van der Waals surface area contributed by atoms with E-state index in [-0.39, 0.29) is 24.3 Å². The average Bonchev–Trinajstić information content (AvgIpc) is 3.15. The first-order valence-corrected chi connectivity index (χ1v) is 9.86. The number of aryl methyl sites for hydroxylation is 1. The number of ether oxygens (including phenoxy) is 1. The zero-order chi connectivity index (χ0) is 21.8. The second kappa shape index (κ2) is 8.88. The Bertz CT molecular complexity index is 1280. The smallest absolute Gasteiger partial charge is 0.329 e. The molecule has 1 atom stereocenters. The van der Waals surface area contributed by atoms with Crippen LogP contribution in [0.3, 0.4) is 0 Å². The zero-order valence-corrected chi connectivity index (χ0v) is 17.0. The Morgan fingerprint density at radius 2 is 1.77 bits per heavy atom. The number of rotatable bonds is 8. The molecule has 0 aliphatic rings. The summed E-state index contributed by atoms with van der Waals surface area (Å²) in [5, 5.41) is 13.8. The predicted molar refractivity (Wildman–Crippen MR) is 117 cm³/mol. The molecule has 4 rings (SSSR count). The Morgan fingerprint density at radius 1 is 1.10 bits per heavy atom. The van der Waals surface area contributed by atoms with Crippen LogP contribution in [0.15, 0.2) is 70.3 Å². The van der Waals surface area contributed by atoms with Gasteiger partial charge in [0.15, 0.2) is 11.2 Å². The number of imidazole rings is 1. The van der Waals surface area contributed by atoms with E-state index in [9.17, 15) is 14.7 Å². The zero-order valence-electron chi connectivity index (χ0n) is 17.0. The third-order valence-corrected chi connectivity index (χ3v) is 4.88. The van der Waals surface area contributed by atoms with Crippen LogP contribution in [0.5, 0.6) is 5.75 Å². The van der Waals surface area contributed by atoms with Crippen LogP contribution in [0, 0.1) is 0 Å². The van der Waals surface area contributed by atoms with Crippen molar-refractivity contribution in [3.8, 4) is 5.75 Å². The number of aromatic nitrogens is 4. The number of nitrogens with zero attached hydrogens (tertiary/aromatic N) is 3. The van der Waals surface area contributed by atoms with Gasteiger partial charge in [-0.05, 0) is 17.7 Å². The maximum atomic E-state index is 12.6. The molecule has 0 bridgehead atoms. The molecule has 0 spiro atoms. The summed E-state index contributed by atoms with van der Waals surface area (Å²) < 4.78 is 8.48. The molecular weight excluding hydrogens is 398 g/mol. The maximum absolute atomic E-state index is 12.6. The molecule has 9 nitrogen and oxygen atoms in total. The van der Waals surface area contributed by atoms with E-state index in [1.807, 2.05) is 48.5 Å². The van der Waals surface area contributed by atoms with Gasteiger partial charge >= 0.3 is 5.69 Å². The topological polar surface area (TPSA) is 114 Å². The predicted octanol–water partition coefficient (Wildman–Crippen LogP) is 1.48. The van der Waals surface area contributed by atoms with Crippen LogP contribution in [0.25, 0.3) is 11.2 Å². The molecule has 2 aromatic heterocycles. The molecule has 0 aliphatic carbocycles. The minimum Gasteiger partial charge on any atom is -0.491 e. The molecule has 3 N–H and O–H groups in total. The van der Waals surface area contributed by atoms with Crippen molar-refractivity contribution in [3.63, 3.8) is 0 Å². The summed E-state index contributed by atoms with van der Waals surface area (Å²) in [5.41, 5.74) is 0.355. The van der Waals surface area contributed by atoms with E-state index in [0.29, 0.717) is 18.2 Å². The van der Waals surface area contributed by atoms with Gasteiger partial charge in [-0.2, -0.15) is 4.98 Å². The van der Waals surface area contributed by atoms with Crippen LogP contribution in [0.2, 0.25) is 0 Å². The van der Waals surface area contributed by atoms with Crippen LogP contribution in [0.1, 0.15) is 5.56 Å². The normalized spacial score (nSPS) is 12.1. The van der Waals surface area contributed by atoms with Crippen LogP contribution >= 0.6 is 0 Å². The Labute approximate surface area is 177 Å². The number of hydrogen-bond acceptors (Lipinski definition) is 6. The number of benzene rings is 2. The van der Waals surface area contributed by atoms with E-state index in [0.717, 1.165) is 5.56 Å². The number of hydrogen-bond donors (Lipinski definition) is 3.